The van der Waals surface area contributed by atoms with Crippen molar-refractivity contribution < 1.29 is 23.7 Å². The molecule has 1 saturated carbocycles. The van der Waals surface area contributed by atoms with Crippen LogP contribution in [0.4, 0.5) is 5.82 Å². The van der Waals surface area contributed by atoms with Crippen LogP contribution in [0.1, 0.15) is 56.5 Å². The SMILES string of the molecule is COc1ccc(COC(C)(C)c2nc3c(N)ncn(Cc4ccc(OC)c(OC5CCCC5)c4)c-3n2)cc1OC. The average molecular weight is 548 g/mol. The maximum atomic E-state index is 6.29. The number of benzene rings is 2. The highest BCUT2D eigenvalue weighted by Crippen LogP contribution is 2.35. The molecular weight excluding hydrogens is 510 g/mol. The Balaban J connectivity index is 1.37. The third-order valence-electron chi connectivity index (χ3n) is 7.26. The summed E-state index contributed by atoms with van der Waals surface area (Å²) in [5.74, 6) is 4.28. The summed E-state index contributed by atoms with van der Waals surface area (Å²) in [6.07, 6.45) is 6.45. The van der Waals surface area contributed by atoms with Gasteiger partial charge in [-0.2, -0.15) is 0 Å². The molecule has 5 rings (SSSR count). The smallest absolute Gasteiger partial charge is 0.166 e. The topological polar surface area (TPSA) is 116 Å². The van der Waals surface area contributed by atoms with E-state index in [1.165, 1.54) is 12.8 Å². The van der Waals surface area contributed by atoms with Crippen LogP contribution in [-0.2, 0) is 23.5 Å². The van der Waals surface area contributed by atoms with Gasteiger partial charge in [-0.15, -0.1) is 0 Å². The lowest BCUT2D eigenvalue weighted by Crippen LogP contribution is -2.23. The summed E-state index contributed by atoms with van der Waals surface area (Å²) >= 11 is 0. The van der Waals surface area contributed by atoms with E-state index in [-0.39, 0.29) is 6.10 Å². The molecule has 0 unspecified atom stereocenters. The first-order valence-corrected chi connectivity index (χ1v) is 13.5. The van der Waals surface area contributed by atoms with Crippen LogP contribution < -0.4 is 24.7 Å². The molecule has 2 N–H and O–H groups in total. The van der Waals surface area contributed by atoms with E-state index in [9.17, 15) is 0 Å². The van der Waals surface area contributed by atoms with Crippen molar-refractivity contribution in [3.05, 3.63) is 59.7 Å². The van der Waals surface area contributed by atoms with Gasteiger partial charge in [0.15, 0.2) is 46.2 Å². The van der Waals surface area contributed by atoms with Crippen LogP contribution in [0.15, 0.2) is 42.7 Å². The maximum Gasteiger partial charge on any atom is 0.166 e. The van der Waals surface area contributed by atoms with Crippen molar-refractivity contribution in [3.63, 3.8) is 0 Å². The van der Waals surface area contributed by atoms with Gasteiger partial charge in [0, 0.05) is 0 Å². The molecule has 3 aliphatic rings. The predicted molar refractivity (Wildman–Crippen MR) is 151 cm³/mol. The second-order valence-electron chi connectivity index (χ2n) is 10.5. The fourth-order valence-electron chi connectivity index (χ4n) is 4.93. The van der Waals surface area contributed by atoms with E-state index >= 15 is 0 Å². The summed E-state index contributed by atoms with van der Waals surface area (Å²) < 4.78 is 30.8. The minimum atomic E-state index is -0.793. The lowest BCUT2D eigenvalue weighted by atomic mass is 10.1. The van der Waals surface area contributed by atoms with Crippen LogP contribution in [0.3, 0.4) is 0 Å². The van der Waals surface area contributed by atoms with Crippen molar-refractivity contribution in [1.29, 1.82) is 0 Å². The first kappa shape index (κ1) is 27.5. The number of aromatic nitrogens is 4. The number of hydrogen-bond donors (Lipinski definition) is 1. The van der Waals surface area contributed by atoms with Crippen LogP contribution in [-0.4, -0.2) is 47.0 Å². The quantitative estimate of drug-likeness (QED) is 0.270. The normalized spacial score (nSPS) is 14.0. The molecule has 1 fully saturated rings. The first-order valence-electron chi connectivity index (χ1n) is 13.5. The lowest BCUT2D eigenvalue weighted by molar-refractivity contribution is -0.0394. The highest BCUT2D eigenvalue weighted by molar-refractivity contribution is 5.65. The highest BCUT2D eigenvalue weighted by atomic mass is 16.5. The van der Waals surface area contributed by atoms with Gasteiger partial charge in [-0.3, -0.25) is 0 Å². The molecule has 0 atom stereocenters. The third kappa shape index (κ3) is 5.77. The van der Waals surface area contributed by atoms with E-state index in [1.807, 2.05) is 54.8 Å². The summed E-state index contributed by atoms with van der Waals surface area (Å²) in [7, 11) is 4.88. The summed E-state index contributed by atoms with van der Waals surface area (Å²) in [6, 6.07) is 11.7. The monoisotopic (exact) mass is 547 g/mol. The number of rotatable bonds is 11. The number of nitrogen functional groups attached to an aromatic ring is 1. The number of nitrogens with two attached hydrogens (primary N) is 1. The molecule has 212 valence electrons. The van der Waals surface area contributed by atoms with E-state index in [0.29, 0.717) is 47.8 Å². The molecule has 0 bridgehead atoms. The van der Waals surface area contributed by atoms with Crippen LogP contribution in [0.2, 0.25) is 0 Å². The number of ether oxygens (including phenoxy) is 5. The predicted octanol–water partition coefficient (Wildman–Crippen LogP) is 5.21. The van der Waals surface area contributed by atoms with Gasteiger partial charge in [-0.1, -0.05) is 12.1 Å². The second kappa shape index (κ2) is 11.6. The molecule has 2 aliphatic heterocycles. The first-order chi connectivity index (χ1) is 19.3. The Labute approximate surface area is 234 Å². The van der Waals surface area contributed by atoms with E-state index in [0.717, 1.165) is 35.5 Å². The number of methoxy groups -OCH3 is 3. The van der Waals surface area contributed by atoms with Crippen LogP contribution in [0.25, 0.3) is 11.5 Å². The van der Waals surface area contributed by atoms with Gasteiger partial charge in [0.05, 0.1) is 46.9 Å². The van der Waals surface area contributed by atoms with Crippen molar-refractivity contribution >= 4 is 5.82 Å². The Morgan fingerprint density at radius 2 is 1.52 bits per heavy atom. The zero-order chi connectivity index (χ0) is 28.3. The number of anilines is 1. The van der Waals surface area contributed by atoms with E-state index in [4.69, 9.17) is 39.4 Å². The van der Waals surface area contributed by atoms with Gasteiger partial charge < -0.3 is 34.0 Å². The van der Waals surface area contributed by atoms with Crippen molar-refractivity contribution in [2.24, 2.45) is 0 Å². The van der Waals surface area contributed by atoms with Crippen LogP contribution in [0.5, 0.6) is 23.0 Å². The number of fused-ring (bicyclic) bond motifs is 1. The highest BCUT2D eigenvalue weighted by Gasteiger charge is 2.30. The van der Waals surface area contributed by atoms with Crippen LogP contribution >= 0.6 is 0 Å². The lowest BCUT2D eigenvalue weighted by Gasteiger charge is -2.22. The van der Waals surface area contributed by atoms with Gasteiger partial charge in [0.25, 0.3) is 0 Å². The minimum absolute atomic E-state index is 0.228. The Morgan fingerprint density at radius 1 is 0.875 bits per heavy atom. The van der Waals surface area contributed by atoms with Gasteiger partial charge in [-0.05, 0) is 74.9 Å². The van der Waals surface area contributed by atoms with Crippen molar-refractivity contribution in [3.8, 4) is 34.5 Å². The zero-order valence-corrected chi connectivity index (χ0v) is 23.8. The molecule has 2 heterocycles. The molecule has 0 radical (unpaired) electrons. The molecule has 0 amide bonds. The Morgan fingerprint density at radius 3 is 2.23 bits per heavy atom. The largest absolute Gasteiger partial charge is 0.493 e. The Bertz CT molecular complexity index is 1430. The van der Waals surface area contributed by atoms with Crippen molar-refractivity contribution in [2.45, 2.75) is 64.4 Å². The molecule has 10 nitrogen and oxygen atoms in total. The standard InChI is InChI=1S/C30H37N5O5/c1-30(2,39-17-20-11-13-22(36-3)24(15-20)38-5)29-33-26-27(31)32-18-35(28(26)34-29)16-19-10-12-23(37-4)25(14-19)40-21-8-6-7-9-21/h10-15,18,21H,6-9,16-17,31H2,1-5H3. The van der Waals surface area contributed by atoms with E-state index in [1.54, 1.807) is 27.7 Å². The summed E-state index contributed by atoms with van der Waals surface area (Å²) in [4.78, 5) is 14.0. The molecular formula is C30H37N5O5. The van der Waals surface area contributed by atoms with Crippen molar-refractivity contribution in [2.75, 3.05) is 27.1 Å². The number of nitrogens with zero attached hydrogens (tertiary/aromatic N) is 4. The molecule has 10 heteroatoms. The van der Waals surface area contributed by atoms with Gasteiger partial charge in [-0.25, -0.2) is 15.0 Å². The zero-order valence-electron chi connectivity index (χ0n) is 23.8. The van der Waals surface area contributed by atoms with E-state index in [2.05, 4.69) is 4.98 Å². The van der Waals surface area contributed by atoms with Gasteiger partial charge >= 0.3 is 0 Å². The molecule has 2 aromatic carbocycles. The van der Waals surface area contributed by atoms with Crippen LogP contribution in [0, 0.1) is 0 Å². The molecule has 0 saturated heterocycles. The Kier molecular flexibility index (Phi) is 7.97. The van der Waals surface area contributed by atoms with Gasteiger partial charge in [0.1, 0.15) is 5.60 Å². The second-order valence-corrected chi connectivity index (χ2v) is 10.5. The van der Waals surface area contributed by atoms with Crippen molar-refractivity contribution in [1.82, 2.24) is 19.5 Å². The minimum Gasteiger partial charge on any atom is -0.493 e. The average Bonchev–Trinajstić information content (AvgIpc) is 3.65. The third-order valence-corrected chi connectivity index (χ3v) is 7.26. The fraction of sp³-hybridized carbons (Fsp3) is 0.433. The summed E-state index contributed by atoms with van der Waals surface area (Å²) in [5.41, 5.74) is 7.93. The summed E-state index contributed by atoms with van der Waals surface area (Å²) in [5, 5.41) is 0. The molecule has 0 aromatic heterocycles. The molecule has 40 heavy (non-hydrogen) atoms. The number of imidazole rings is 1. The summed E-state index contributed by atoms with van der Waals surface area (Å²) in [6.45, 7) is 4.72. The fourth-order valence-corrected chi connectivity index (χ4v) is 4.93. The number of hydrogen-bond acceptors (Lipinski definition) is 9. The molecule has 1 aliphatic carbocycles. The maximum absolute atomic E-state index is 6.29. The molecule has 0 spiro atoms. The molecule has 2 aromatic rings. The Hall–Kier alpha value is -4.05. The van der Waals surface area contributed by atoms with E-state index < -0.39 is 5.60 Å². The van der Waals surface area contributed by atoms with Gasteiger partial charge in [0.2, 0.25) is 0 Å².